The van der Waals surface area contributed by atoms with Crippen molar-refractivity contribution < 1.29 is 4.92 Å². The lowest BCUT2D eigenvalue weighted by Crippen LogP contribution is -2.18. The van der Waals surface area contributed by atoms with E-state index in [0.29, 0.717) is 0 Å². The van der Waals surface area contributed by atoms with Crippen LogP contribution in [0.2, 0.25) is 0 Å². The van der Waals surface area contributed by atoms with Crippen LogP contribution >= 0.6 is 0 Å². The molecule has 0 aliphatic rings. The molecule has 0 amide bonds. The number of likely N-dealkylation sites (N-methyl/N-ethyl adjacent to an activating group) is 1. The molecule has 0 saturated heterocycles. The van der Waals surface area contributed by atoms with Crippen molar-refractivity contribution in [2.75, 3.05) is 7.05 Å². The molecule has 0 aromatic heterocycles. The monoisotopic (exact) mass is 270 g/mol. The predicted octanol–water partition coefficient (Wildman–Crippen LogP) is 3.41. The number of hydrogen-bond acceptors (Lipinski definition) is 3. The molecule has 4 heteroatoms. The molecule has 1 unspecified atom stereocenters. The summed E-state index contributed by atoms with van der Waals surface area (Å²) in [4.78, 5) is 10.3. The fraction of sp³-hybridized carbons (Fsp3) is 0.250. The van der Waals surface area contributed by atoms with Gasteiger partial charge in [-0.3, -0.25) is 10.1 Å². The minimum atomic E-state index is -0.376. The van der Waals surface area contributed by atoms with E-state index in [2.05, 4.69) is 36.5 Å². The van der Waals surface area contributed by atoms with Gasteiger partial charge in [0.25, 0.3) is 5.69 Å². The van der Waals surface area contributed by atoms with Crippen LogP contribution in [0.1, 0.15) is 22.7 Å². The molecule has 0 fully saturated rings. The highest BCUT2D eigenvalue weighted by Crippen LogP contribution is 2.20. The Morgan fingerprint density at radius 2 is 1.70 bits per heavy atom. The maximum atomic E-state index is 10.6. The second-order valence-corrected chi connectivity index (χ2v) is 4.88. The van der Waals surface area contributed by atoms with Crippen molar-refractivity contribution in [3.8, 4) is 0 Å². The Balaban J connectivity index is 2.13. The number of nitrogens with zero attached hydrogens (tertiary/aromatic N) is 1. The molecule has 104 valence electrons. The highest BCUT2D eigenvalue weighted by molar-refractivity contribution is 5.34. The number of nitrogens with one attached hydrogen (secondary N) is 1. The maximum Gasteiger partial charge on any atom is 0.269 e. The van der Waals surface area contributed by atoms with Crippen LogP contribution < -0.4 is 5.32 Å². The van der Waals surface area contributed by atoms with Crippen LogP contribution in [0.15, 0.2) is 48.5 Å². The number of benzene rings is 2. The van der Waals surface area contributed by atoms with Crippen molar-refractivity contribution in [3.63, 3.8) is 0 Å². The molecule has 0 bridgehead atoms. The van der Waals surface area contributed by atoms with Crippen molar-refractivity contribution in [2.24, 2.45) is 0 Å². The minimum absolute atomic E-state index is 0.130. The van der Waals surface area contributed by atoms with E-state index in [1.54, 1.807) is 12.1 Å². The predicted molar refractivity (Wildman–Crippen MR) is 79.8 cm³/mol. The summed E-state index contributed by atoms with van der Waals surface area (Å²) in [7, 11) is 1.93. The zero-order chi connectivity index (χ0) is 14.5. The summed E-state index contributed by atoms with van der Waals surface area (Å²) in [5, 5.41) is 13.9. The van der Waals surface area contributed by atoms with Gasteiger partial charge in [-0.15, -0.1) is 0 Å². The molecule has 0 radical (unpaired) electrons. The van der Waals surface area contributed by atoms with Gasteiger partial charge in [-0.25, -0.2) is 0 Å². The summed E-state index contributed by atoms with van der Waals surface area (Å²) in [5.41, 5.74) is 3.66. The third kappa shape index (κ3) is 3.42. The van der Waals surface area contributed by atoms with Crippen LogP contribution in [0.25, 0.3) is 0 Å². The molecular formula is C16H18N2O2. The Labute approximate surface area is 118 Å². The lowest BCUT2D eigenvalue weighted by molar-refractivity contribution is -0.384. The lowest BCUT2D eigenvalue weighted by Gasteiger charge is -2.17. The molecule has 2 aromatic carbocycles. The number of rotatable bonds is 5. The normalized spacial score (nSPS) is 12.1. The van der Waals surface area contributed by atoms with E-state index in [4.69, 9.17) is 0 Å². The molecule has 0 aliphatic heterocycles. The Morgan fingerprint density at radius 3 is 2.20 bits per heavy atom. The Morgan fingerprint density at radius 1 is 1.10 bits per heavy atom. The summed E-state index contributed by atoms with van der Waals surface area (Å²) in [6.45, 7) is 2.06. The Kier molecular flexibility index (Phi) is 4.48. The molecule has 0 heterocycles. The number of nitro groups is 1. The first kappa shape index (κ1) is 14.2. The molecule has 2 rings (SSSR count). The van der Waals surface area contributed by atoms with Crippen LogP contribution in [-0.2, 0) is 6.42 Å². The third-order valence-corrected chi connectivity index (χ3v) is 3.42. The van der Waals surface area contributed by atoms with E-state index < -0.39 is 0 Å². The average Bonchev–Trinajstić information content (AvgIpc) is 2.46. The minimum Gasteiger partial charge on any atom is -0.313 e. The van der Waals surface area contributed by atoms with Crippen molar-refractivity contribution >= 4 is 5.69 Å². The van der Waals surface area contributed by atoms with Crippen LogP contribution in [0.5, 0.6) is 0 Å². The second-order valence-electron chi connectivity index (χ2n) is 4.88. The van der Waals surface area contributed by atoms with E-state index >= 15 is 0 Å². The zero-order valence-electron chi connectivity index (χ0n) is 11.7. The SMILES string of the molecule is CNC(Cc1ccc([N+](=O)[O-])cc1)c1ccc(C)cc1. The maximum absolute atomic E-state index is 10.6. The van der Waals surface area contributed by atoms with Crippen LogP contribution in [0, 0.1) is 17.0 Å². The summed E-state index contributed by atoms with van der Waals surface area (Å²) in [5.74, 6) is 0. The Hall–Kier alpha value is -2.20. The van der Waals surface area contributed by atoms with Gasteiger partial charge in [-0.1, -0.05) is 42.0 Å². The number of hydrogen-bond donors (Lipinski definition) is 1. The van der Waals surface area contributed by atoms with Crippen LogP contribution in [0.3, 0.4) is 0 Å². The molecule has 4 nitrogen and oxygen atoms in total. The van der Waals surface area contributed by atoms with Crippen LogP contribution in [0.4, 0.5) is 5.69 Å². The van der Waals surface area contributed by atoms with E-state index in [1.165, 1.54) is 11.1 Å². The number of non-ortho nitro benzene ring substituents is 1. The molecule has 20 heavy (non-hydrogen) atoms. The summed E-state index contributed by atoms with van der Waals surface area (Å²) < 4.78 is 0. The standard InChI is InChI=1S/C16H18N2O2/c1-12-3-7-14(8-4-12)16(17-2)11-13-5-9-15(10-6-13)18(19)20/h3-10,16-17H,11H2,1-2H3. The first-order chi connectivity index (χ1) is 9.60. The largest absolute Gasteiger partial charge is 0.313 e. The van der Waals surface area contributed by atoms with Crippen molar-refractivity contribution in [1.82, 2.24) is 5.32 Å². The fourth-order valence-electron chi connectivity index (χ4n) is 2.17. The molecule has 0 spiro atoms. The summed E-state index contributed by atoms with van der Waals surface area (Å²) >= 11 is 0. The molecule has 1 N–H and O–H groups in total. The zero-order valence-corrected chi connectivity index (χ0v) is 11.7. The van der Waals surface area contributed by atoms with E-state index in [9.17, 15) is 10.1 Å². The quantitative estimate of drug-likeness (QED) is 0.669. The van der Waals surface area contributed by atoms with Gasteiger partial charge >= 0.3 is 0 Å². The lowest BCUT2D eigenvalue weighted by atomic mass is 9.98. The summed E-state index contributed by atoms with van der Waals surface area (Å²) in [6.07, 6.45) is 0.803. The van der Waals surface area contributed by atoms with Crippen molar-refractivity contribution in [1.29, 1.82) is 0 Å². The first-order valence-electron chi connectivity index (χ1n) is 6.57. The van der Waals surface area contributed by atoms with Gasteiger partial charge in [0.05, 0.1) is 4.92 Å². The van der Waals surface area contributed by atoms with Crippen molar-refractivity contribution in [3.05, 3.63) is 75.3 Å². The Bertz CT molecular complexity index is 576. The van der Waals surface area contributed by atoms with Gasteiger partial charge in [0.2, 0.25) is 0 Å². The average molecular weight is 270 g/mol. The van der Waals surface area contributed by atoms with Gasteiger partial charge in [0.15, 0.2) is 0 Å². The molecule has 0 saturated carbocycles. The smallest absolute Gasteiger partial charge is 0.269 e. The second kappa shape index (κ2) is 6.30. The molecule has 0 aliphatic carbocycles. The van der Waals surface area contributed by atoms with Crippen LogP contribution in [-0.4, -0.2) is 12.0 Å². The highest BCUT2D eigenvalue weighted by atomic mass is 16.6. The van der Waals surface area contributed by atoms with E-state index in [0.717, 1.165) is 12.0 Å². The topological polar surface area (TPSA) is 55.2 Å². The fourth-order valence-corrected chi connectivity index (χ4v) is 2.17. The highest BCUT2D eigenvalue weighted by Gasteiger charge is 2.11. The first-order valence-corrected chi connectivity index (χ1v) is 6.57. The van der Waals surface area contributed by atoms with E-state index in [-0.39, 0.29) is 16.7 Å². The van der Waals surface area contributed by atoms with Gasteiger partial charge < -0.3 is 5.32 Å². The van der Waals surface area contributed by atoms with Crippen molar-refractivity contribution in [2.45, 2.75) is 19.4 Å². The van der Waals surface area contributed by atoms with Gasteiger partial charge in [0, 0.05) is 18.2 Å². The molecule has 2 aromatic rings. The van der Waals surface area contributed by atoms with Gasteiger partial charge in [-0.05, 0) is 31.5 Å². The molecular weight excluding hydrogens is 252 g/mol. The third-order valence-electron chi connectivity index (χ3n) is 3.42. The van der Waals surface area contributed by atoms with E-state index in [1.807, 2.05) is 19.2 Å². The number of nitro benzene ring substituents is 1. The summed E-state index contributed by atoms with van der Waals surface area (Å²) in [6, 6.07) is 15.4. The molecule has 1 atom stereocenters. The number of aryl methyl sites for hydroxylation is 1. The van der Waals surface area contributed by atoms with Gasteiger partial charge in [-0.2, -0.15) is 0 Å². The van der Waals surface area contributed by atoms with Gasteiger partial charge in [0.1, 0.15) is 0 Å².